The molecule has 0 saturated heterocycles. The Kier molecular flexibility index (Phi) is 6.45. The van der Waals surface area contributed by atoms with Crippen molar-refractivity contribution in [3.05, 3.63) is 56.5 Å². The van der Waals surface area contributed by atoms with Gasteiger partial charge in [-0.2, -0.15) is 0 Å². The lowest BCUT2D eigenvalue weighted by molar-refractivity contribution is -0.149. The molecule has 0 N–H and O–H groups in total. The van der Waals surface area contributed by atoms with E-state index in [4.69, 9.17) is 25.8 Å². The smallest absolute Gasteiger partial charge is 0.351 e. The summed E-state index contributed by atoms with van der Waals surface area (Å²) in [6.07, 6.45) is -0.409. The normalized spacial score (nSPS) is 11.6. The van der Waals surface area contributed by atoms with Crippen LogP contribution in [-0.2, 0) is 9.53 Å². The van der Waals surface area contributed by atoms with Crippen molar-refractivity contribution in [3.8, 4) is 11.5 Å². The number of carbonyl (C=O) groups excluding carboxylic acids is 2. The van der Waals surface area contributed by atoms with Crippen molar-refractivity contribution < 1.29 is 23.8 Å². The second-order valence-electron chi connectivity index (χ2n) is 5.17. The van der Waals surface area contributed by atoms with Crippen LogP contribution in [0.5, 0.6) is 11.5 Å². The van der Waals surface area contributed by atoms with E-state index in [0.717, 1.165) is 5.56 Å². The number of aldehydes is 1. The minimum atomic E-state index is -1.05. The van der Waals surface area contributed by atoms with Gasteiger partial charge in [-0.05, 0) is 52.7 Å². The quantitative estimate of drug-likeness (QED) is 0.501. The summed E-state index contributed by atoms with van der Waals surface area (Å²) in [5, 5.41) is 0.501. The van der Waals surface area contributed by atoms with Gasteiger partial charge < -0.3 is 14.2 Å². The van der Waals surface area contributed by atoms with E-state index in [1.165, 1.54) is 14.2 Å². The molecule has 25 heavy (non-hydrogen) atoms. The van der Waals surface area contributed by atoms with Crippen molar-refractivity contribution in [1.29, 1.82) is 0 Å². The van der Waals surface area contributed by atoms with Gasteiger partial charge in [0.05, 0.1) is 24.8 Å². The highest BCUT2D eigenvalue weighted by atomic mass is 79.9. The fraction of sp³-hybridized carbons (Fsp3) is 0.222. The fourth-order valence-corrected chi connectivity index (χ4v) is 2.77. The molecule has 0 aromatic heterocycles. The number of rotatable bonds is 6. The molecule has 7 heteroatoms. The lowest BCUT2D eigenvalue weighted by Crippen LogP contribution is -2.21. The van der Waals surface area contributed by atoms with E-state index in [1.54, 1.807) is 30.3 Å². The molecule has 5 nitrogen and oxygen atoms in total. The first-order chi connectivity index (χ1) is 11.9. The van der Waals surface area contributed by atoms with E-state index in [9.17, 15) is 9.59 Å². The summed E-state index contributed by atoms with van der Waals surface area (Å²) in [6, 6.07) is 8.17. The maximum atomic E-state index is 12.2. The van der Waals surface area contributed by atoms with Gasteiger partial charge in [0.2, 0.25) is 6.10 Å². The molecule has 2 aromatic carbocycles. The van der Waals surface area contributed by atoms with Gasteiger partial charge in [0.1, 0.15) is 11.5 Å². The highest BCUT2D eigenvalue weighted by molar-refractivity contribution is 9.10. The van der Waals surface area contributed by atoms with Crippen LogP contribution in [0.25, 0.3) is 0 Å². The Morgan fingerprint density at radius 1 is 1.20 bits per heavy atom. The van der Waals surface area contributed by atoms with E-state index < -0.39 is 12.1 Å². The SMILES string of the molecule is COC(=O)C(Oc1cc(C)c(OC)cc1C=O)c1ccc(Cl)c(Br)c1. The second kappa shape index (κ2) is 8.36. The number of ether oxygens (including phenoxy) is 3. The van der Waals surface area contributed by atoms with Gasteiger partial charge in [0.25, 0.3) is 0 Å². The molecule has 2 rings (SSSR count). The maximum absolute atomic E-state index is 12.2. The largest absolute Gasteiger partial charge is 0.496 e. The third-order valence-corrected chi connectivity index (χ3v) is 4.77. The lowest BCUT2D eigenvalue weighted by atomic mass is 10.1. The molecule has 2 aromatic rings. The Morgan fingerprint density at radius 2 is 1.92 bits per heavy atom. The van der Waals surface area contributed by atoms with Crippen molar-refractivity contribution >= 4 is 39.8 Å². The zero-order chi connectivity index (χ0) is 18.6. The lowest BCUT2D eigenvalue weighted by Gasteiger charge is -2.20. The second-order valence-corrected chi connectivity index (χ2v) is 6.43. The van der Waals surface area contributed by atoms with Crippen LogP contribution in [-0.4, -0.2) is 26.5 Å². The summed E-state index contributed by atoms with van der Waals surface area (Å²) in [5.41, 5.74) is 1.57. The molecule has 1 atom stereocenters. The van der Waals surface area contributed by atoms with Crippen molar-refractivity contribution in [2.75, 3.05) is 14.2 Å². The summed E-state index contributed by atoms with van der Waals surface area (Å²) in [4.78, 5) is 23.6. The van der Waals surface area contributed by atoms with E-state index in [-0.39, 0.29) is 11.3 Å². The Morgan fingerprint density at radius 3 is 2.48 bits per heavy atom. The molecule has 0 aliphatic rings. The summed E-state index contributed by atoms with van der Waals surface area (Å²) < 4.78 is 16.5. The van der Waals surface area contributed by atoms with Gasteiger partial charge in [-0.1, -0.05) is 17.7 Å². The monoisotopic (exact) mass is 426 g/mol. The zero-order valence-electron chi connectivity index (χ0n) is 13.8. The predicted octanol–water partition coefficient (Wildman–Crippen LogP) is 4.53. The summed E-state index contributed by atoms with van der Waals surface area (Å²) in [7, 11) is 2.78. The molecule has 132 valence electrons. The van der Waals surface area contributed by atoms with Crippen LogP contribution in [0, 0.1) is 6.92 Å². The van der Waals surface area contributed by atoms with Crippen molar-refractivity contribution in [2.24, 2.45) is 0 Å². The topological polar surface area (TPSA) is 61.8 Å². The van der Waals surface area contributed by atoms with Crippen molar-refractivity contribution in [2.45, 2.75) is 13.0 Å². The molecular formula is C18H16BrClO5. The van der Waals surface area contributed by atoms with E-state index >= 15 is 0 Å². The van der Waals surface area contributed by atoms with Gasteiger partial charge >= 0.3 is 5.97 Å². The number of halogens is 2. The Hall–Kier alpha value is -2.05. The maximum Gasteiger partial charge on any atom is 0.351 e. The first-order valence-electron chi connectivity index (χ1n) is 7.24. The highest BCUT2D eigenvalue weighted by Crippen LogP contribution is 2.33. The summed E-state index contributed by atoms with van der Waals surface area (Å²) in [6.45, 7) is 1.81. The molecule has 0 fully saturated rings. The Labute approximate surface area is 159 Å². The summed E-state index contributed by atoms with van der Waals surface area (Å²) >= 11 is 9.31. The molecule has 0 bridgehead atoms. The molecule has 1 unspecified atom stereocenters. The number of hydrogen-bond acceptors (Lipinski definition) is 5. The Bertz CT molecular complexity index is 806. The predicted molar refractivity (Wildman–Crippen MR) is 97.7 cm³/mol. The van der Waals surface area contributed by atoms with E-state index in [1.807, 2.05) is 6.92 Å². The van der Waals surface area contributed by atoms with Crippen molar-refractivity contribution in [1.82, 2.24) is 0 Å². The average molecular weight is 428 g/mol. The van der Waals surface area contributed by atoms with Gasteiger partial charge in [0, 0.05) is 10.0 Å². The number of esters is 1. The van der Waals surface area contributed by atoms with Crippen LogP contribution >= 0.6 is 27.5 Å². The standard InChI is InChI=1S/C18H16BrClO5/c1-10-6-16(12(9-21)8-15(10)23-2)25-17(18(22)24-3)11-4-5-14(20)13(19)7-11/h4-9,17H,1-3H3. The molecule has 0 amide bonds. The molecule has 0 saturated carbocycles. The molecule has 0 aliphatic heterocycles. The molecule has 0 aliphatic carbocycles. The number of carbonyl (C=O) groups is 2. The third kappa shape index (κ3) is 4.32. The third-order valence-electron chi connectivity index (χ3n) is 3.56. The summed E-state index contributed by atoms with van der Waals surface area (Å²) in [5.74, 6) is 0.215. The number of methoxy groups -OCH3 is 2. The van der Waals surface area contributed by atoms with Crippen LogP contribution < -0.4 is 9.47 Å². The van der Waals surface area contributed by atoms with Gasteiger partial charge in [-0.25, -0.2) is 4.79 Å². The molecular weight excluding hydrogens is 412 g/mol. The number of benzene rings is 2. The van der Waals surface area contributed by atoms with Crippen LogP contribution in [0.4, 0.5) is 0 Å². The molecule has 0 radical (unpaired) electrons. The highest BCUT2D eigenvalue weighted by Gasteiger charge is 2.26. The first-order valence-corrected chi connectivity index (χ1v) is 8.41. The van der Waals surface area contributed by atoms with Crippen LogP contribution in [0.15, 0.2) is 34.8 Å². The van der Waals surface area contributed by atoms with Gasteiger partial charge in [0.15, 0.2) is 6.29 Å². The van der Waals surface area contributed by atoms with E-state index in [0.29, 0.717) is 27.1 Å². The van der Waals surface area contributed by atoms with Gasteiger partial charge in [-0.15, -0.1) is 0 Å². The molecule has 0 heterocycles. The number of aryl methyl sites for hydroxylation is 1. The zero-order valence-corrected chi connectivity index (χ0v) is 16.2. The van der Waals surface area contributed by atoms with Crippen LogP contribution in [0.2, 0.25) is 5.02 Å². The fourth-order valence-electron chi connectivity index (χ4n) is 2.25. The molecule has 0 spiro atoms. The minimum Gasteiger partial charge on any atom is -0.496 e. The van der Waals surface area contributed by atoms with Crippen molar-refractivity contribution in [3.63, 3.8) is 0 Å². The minimum absolute atomic E-state index is 0.259. The van der Waals surface area contributed by atoms with E-state index in [2.05, 4.69) is 15.9 Å². The van der Waals surface area contributed by atoms with Crippen LogP contribution in [0.1, 0.15) is 27.6 Å². The van der Waals surface area contributed by atoms with Gasteiger partial charge in [-0.3, -0.25) is 4.79 Å². The average Bonchev–Trinajstić information content (AvgIpc) is 2.61. The first kappa shape index (κ1) is 19.3. The Balaban J connectivity index is 2.47. The van der Waals surface area contributed by atoms with Crippen LogP contribution in [0.3, 0.4) is 0 Å². The number of hydrogen-bond donors (Lipinski definition) is 0.